The van der Waals surface area contributed by atoms with Crippen molar-refractivity contribution in [3.05, 3.63) is 65.2 Å². The molecule has 1 atom stereocenters. The second-order valence-corrected chi connectivity index (χ2v) is 11.4. The van der Waals surface area contributed by atoms with Crippen molar-refractivity contribution in [3.63, 3.8) is 0 Å². The molecule has 11 heteroatoms. The molecule has 0 radical (unpaired) electrons. The minimum atomic E-state index is -3.72. The van der Waals surface area contributed by atoms with Gasteiger partial charge >= 0.3 is 0 Å². The minimum Gasteiger partial charge on any atom is -0.507 e. The van der Waals surface area contributed by atoms with Crippen LogP contribution in [0.2, 0.25) is 0 Å². The SMILES string of the molecule is CN(C)CCN1C(=O)C(=O)/C(=C(\O)c2ccc(S(=O)(=O)N(C)C)cc2)C12C(=O)N(C)c1ccccc12. The van der Waals surface area contributed by atoms with E-state index in [0.717, 1.165) is 4.31 Å². The number of benzene rings is 2. The Hall–Kier alpha value is -3.54. The summed E-state index contributed by atoms with van der Waals surface area (Å²) < 4.78 is 25.9. The van der Waals surface area contributed by atoms with Gasteiger partial charge in [0.15, 0.2) is 5.54 Å². The van der Waals surface area contributed by atoms with Crippen LogP contribution in [0, 0.1) is 0 Å². The number of carbonyl (C=O) groups is 3. The maximum Gasteiger partial charge on any atom is 0.296 e. The summed E-state index contributed by atoms with van der Waals surface area (Å²) in [6, 6.07) is 12.1. The van der Waals surface area contributed by atoms with Crippen LogP contribution < -0.4 is 4.90 Å². The molecule has 1 unspecified atom stereocenters. The number of amides is 2. The van der Waals surface area contributed by atoms with Gasteiger partial charge in [-0.1, -0.05) is 18.2 Å². The molecule has 1 saturated heterocycles. The molecule has 2 heterocycles. The number of aliphatic hydroxyl groups excluding tert-OH is 1. The van der Waals surface area contributed by atoms with Crippen molar-refractivity contribution in [3.8, 4) is 0 Å². The van der Waals surface area contributed by atoms with Gasteiger partial charge in [-0.2, -0.15) is 0 Å². The van der Waals surface area contributed by atoms with Crippen molar-refractivity contribution in [2.24, 2.45) is 0 Å². The quantitative estimate of drug-likeness (QED) is 0.349. The Kier molecular flexibility index (Phi) is 6.27. The summed E-state index contributed by atoms with van der Waals surface area (Å²) in [5, 5.41) is 11.4. The Morgan fingerprint density at radius 3 is 2.17 bits per heavy atom. The second kappa shape index (κ2) is 8.84. The van der Waals surface area contributed by atoms with Gasteiger partial charge in [-0.05, 0) is 44.4 Å². The molecular formula is C25H28N4O6S. The van der Waals surface area contributed by atoms with Crippen LogP contribution in [0.3, 0.4) is 0 Å². The van der Waals surface area contributed by atoms with Crippen LogP contribution in [0.25, 0.3) is 5.76 Å². The van der Waals surface area contributed by atoms with E-state index in [9.17, 15) is 27.9 Å². The fourth-order valence-electron chi connectivity index (χ4n) is 4.71. The second-order valence-electron chi connectivity index (χ2n) is 9.22. The Balaban J connectivity index is 1.97. The highest BCUT2D eigenvalue weighted by Gasteiger charge is 2.66. The van der Waals surface area contributed by atoms with E-state index in [1.165, 1.54) is 48.2 Å². The van der Waals surface area contributed by atoms with E-state index < -0.39 is 38.9 Å². The molecule has 1 spiro atoms. The number of likely N-dealkylation sites (tertiary alicyclic amines) is 1. The molecule has 0 saturated carbocycles. The summed E-state index contributed by atoms with van der Waals surface area (Å²) in [4.78, 5) is 45.0. The number of likely N-dealkylation sites (N-methyl/N-ethyl adjacent to an activating group) is 2. The number of sulfonamides is 1. The molecule has 0 aromatic heterocycles. The van der Waals surface area contributed by atoms with Crippen LogP contribution in [-0.4, -0.2) is 93.6 Å². The zero-order valence-electron chi connectivity index (χ0n) is 20.7. The van der Waals surface area contributed by atoms with E-state index in [4.69, 9.17) is 0 Å². The minimum absolute atomic E-state index is 0.00720. The lowest BCUT2D eigenvalue weighted by molar-refractivity contribution is -0.143. The van der Waals surface area contributed by atoms with E-state index in [0.29, 0.717) is 17.8 Å². The Bertz CT molecular complexity index is 1400. The molecule has 2 aromatic carbocycles. The topological polar surface area (TPSA) is 119 Å². The highest BCUT2D eigenvalue weighted by Crippen LogP contribution is 2.53. The van der Waals surface area contributed by atoms with Gasteiger partial charge in [0.25, 0.3) is 17.6 Å². The summed E-state index contributed by atoms with van der Waals surface area (Å²) in [6.45, 7) is 0.452. The molecule has 2 aliphatic rings. The average molecular weight is 513 g/mol. The van der Waals surface area contributed by atoms with E-state index in [1.54, 1.807) is 31.3 Å². The van der Waals surface area contributed by atoms with E-state index in [2.05, 4.69) is 0 Å². The number of rotatable bonds is 6. The maximum absolute atomic E-state index is 13.9. The van der Waals surface area contributed by atoms with E-state index in [1.807, 2.05) is 19.0 Å². The van der Waals surface area contributed by atoms with E-state index in [-0.39, 0.29) is 22.6 Å². The van der Waals surface area contributed by atoms with Crippen molar-refractivity contribution >= 4 is 39.1 Å². The number of nitrogens with zero attached hydrogens (tertiary/aromatic N) is 4. The third kappa shape index (κ3) is 3.54. The predicted molar refractivity (Wildman–Crippen MR) is 134 cm³/mol. The van der Waals surface area contributed by atoms with Crippen molar-refractivity contribution in [1.29, 1.82) is 0 Å². The lowest BCUT2D eigenvalue weighted by Crippen LogP contribution is -2.52. The van der Waals surface area contributed by atoms with Crippen LogP contribution >= 0.6 is 0 Å². The van der Waals surface area contributed by atoms with Gasteiger partial charge in [0.1, 0.15) is 5.76 Å². The normalized spacial score (nSPS) is 21.4. The first-order valence-electron chi connectivity index (χ1n) is 11.2. The molecule has 2 amide bonds. The highest BCUT2D eigenvalue weighted by molar-refractivity contribution is 7.89. The third-order valence-electron chi connectivity index (χ3n) is 6.62. The van der Waals surface area contributed by atoms with Crippen LogP contribution in [-0.2, 0) is 29.9 Å². The van der Waals surface area contributed by atoms with Crippen molar-refractivity contribution in [2.45, 2.75) is 10.4 Å². The first-order valence-corrected chi connectivity index (χ1v) is 12.7. The lowest BCUT2D eigenvalue weighted by atomic mass is 9.82. The third-order valence-corrected chi connectivity index (χ3v) is 8.45. The van der Waals surface area contributed by atoms with Gasteiger partial charge in [0.2, 0.25) is 10.0 Å². The van der Waals surface area contributed by atoms with Gasteiger partial charge in [-0.3, -0.25) is 14.4 Å². The van der Waals surface area contributed by atoms with Crippen LogP contribution in [0.5, 0.6) is 0 Å². The number of aliphatic hydroxyl groups is 1. The Labute approximate surface area is 210 Å². The largest absolute Gasteiger partial charge is 0.507 e. The fraction of sp³-hybridized carbons (Fsp3) is 0.320. The number of para-hydroxylation sites is 1. The Morgan fingerprint density at radius 1 is 0.972 bits per heavy atom. The molecule has 4 rings (SSSR count). The number of fused-ring (bicyclic) bond motifs is 2. The lowest BCUT2D eigenvalue weighted by Gasteiger charge is -2.34. The molecular weight excluding hydrogens is 484 g/mol. The zero-order chi connectivity index (χ0) is 26.6. The van der Waals surface area contributed by atoms with Crippen molar-refractivity contribution < 1.29 is 27.9 Å². The van der Waals surface area contributed by atoms with Crippen LogP contribution in [0.1, 0.15) is 11.1 Å². The standard InChI is InChI=1S/C25H28N4O6S/c1-26(2)14-15-29-23(32)22(31)20(25(29)18-8-6-7-9-19(18)28(5)24(25)33)21(30)16-10-12-17(13-11-16)36(34,35)27(3)4/h6-13,30H,14-15H2,1-5H3/b21-20+. The monoisotopic (exact) mass is 512 g/mol. The summed E-state index contributed by atoms with van der Waals surface area (Å²) in [6.07, 6.45) is 0. The number of hydrogen-bond acceptors (Lipinski definition) is 7. The molecule has 0 aliphatic carbocycles. The van der Waals surface area contributed by atoms with E-state index >= 15 is 0 Å². The molecule has 2 aromatic rings. The zero-order valence-corrected chi connectivity index (χ0v) is 21.5. The number of Topliss-reactive ketones (excluding diaryl/α,β-unsaturated/α-hetero) is 1. The molecule has 36 heavy (non-hydrogen) atoms. The molecule has 190 valence electrons. The van der Waals surface area contributed by atoms with Gasteiger partial charge in [-0.25, -0.2) is 12.7 Å². The first kappa shape index (κ1) is 25.5. The summed E-state index contributed by atoms with van der Waals surface area (Å²) in [5.74, 6) is -2.94. The highest BCUT2D eigenvalue weighted by atomic mass is 32.2. The summed E-state index contributed by atoms with van der Waals surface area (Å²) in [7, 11) is 4.26. The molecule has 1 fully saturated rings. The number of anilines is 1. The number of hydrogen-bond donors (Lipinski definition) is 1. The summed E-state index contributed by atoms with van der Waals surface area (Å²) >= 11 is 0. The van der Waals surface area contributed by atoms with Crippen LogP contribution in [0.4, 0.5) is 5.69 Å². The average Bonchev–Trinajstić information content (AvgIpc) is 3.20. The molecule has 0 bridgehead atoms. The maximum atomic E-state index is 13.9. The number of ketones is 1. The van der Waals surface area contributed by atoms with Gasteiger partial charge in [0.05, 0.1) is 10.5 Å². The van der Waals surface area contributed by atoms with Gasteiger partial charge in [-0.15, -0.1) is 0 Å². The molecule has 2 aliphatic heterocycles. The van der Waals surface area contributed by atoms with Crippen LogP contribution in [0.15, 0.2) is 59.0 Å². The first-order chi connectivity index (χ1) is 16.9. The molecule has 10 nitrogen and oxygen atoms in total. The van der Waals surface area contributed by atoms with Crippen molar-refractivity contribution in [2.75, 3.05) is 53.2 Å². The van der Waals surface area contributed by atoms with Gasteiger partial charge in [0, 0.05) is 51.0 Å². The fourth-order valence-corrected chi connectivity index (χ4v) is 5.61. The number of carbonyl (C=O) groups excluding carboxylic acids is 3. The summed E-state index contributed by atoms with van der Waals surface area (Å²) in [5.41, 5.74) is -1.12. The smallest absolute Gasteiger partial charge is 0.296 e. The Morgan fingerprint density at radius 2 is 1.58 bits per heavy atom. The van der Waals surface area contributed by atoms with Crippen molar-refractivity contribution in [1.82, 2.24) is 14.1 Å². The van der Waals surface area contributed by atoms with Gasteiger partial charge < -0.3 is 19.8 Å². The predicted octanol–water partition coefficient (Wildman–Crippen LogP) is 1.05. The molecule has 1 N–H and O–H groups in total.